The van der Waals surface area contributed by atoms with Crippen LogP contribution in [0.2, 0.25) is 10.3 Å². The van der Waals surface area contributed by atoms with Crippen molar-refractivity contribution in [2.24, 2.45) is 0 Å². The largest absolute Gasteiger partial charge is 0.346 e. The van der Waals surface area contributed by atoms with E-state index in [-0.39, 0.29) is 21.8 Å². The lowest BCUT2D eigenvalue weighted by atomic mass is 10.3. The molecule has 2 aromatic rings. The van der Waals surface area contributed by atoms with E-state index in [4.69, 9.17) is 23.2 Å². The maximum Gasteiger partial charge on any atom is 0.254 e. The molecule has 0 aliphatic rings. The second-order valence-electron chi connectivity index (χ2n) is 3.38. The van der Waals surface area contributed by atoms with E-state index >= 15 is 0 Å². The van der Waals surface area contributed by atoms with Gasteiger partial charge in [0.1, 0.15) is 0 Å². The molecule has 0 atom stereocenters. The first-order chi connectivity index (χ1) is 8.66. The summed E-state index contributed by atoms with van der Waals surface area (Å²) < 4.78 is 0. The summed E-state index contributed by atoms with van der Waals surface area (Å²) in [6, 6.07) is 6.81. The standard InChI is InChI=1S/C11H8Cl2N4O/c12-9-5-8(10(13)17-16-9)11(18)15-6-7-3-1-2-4-14-7/h1-5H,6H2,(H,15,18). The lowest BCUT2D eigenvalue weighted by Gasteiger charge is -2.05. The predicted octanol–water partition coefficient (Wildman–Crippen LogP) is 2.11. The molecule has 1 N–H and O–H groups in total. The second-order valence-corrected chi connectivity index (χ2v) is 4.12. The van der Waals surface area contributed by atoms with Gasteiger partial charge in [0, 0.05) is 6.20 Å². The van der Waals surface area contributed by atoms with Crippen LogP contribution in [-0.2, 0) is 6.54 Å². The number of amides is 1. The lowest BCUT2D eigenvalue weighted by Crippen LogP contribution is -2.24. The smallest absolute Gasteiger partial charge is 0.254 e. The fourth-order valence-electron chi connectivity index (χ4n) is 1.28. The number of carbonyl (C=O) groups is 1. The van der Waals surface area contributed by atoms with Crippen LogP contribution in [0.5, 0.6) is 0 Å². The number of hydrogen-bond acceptors (Lipinski definition) is 4. The molecule has 18 heavy (non-hydrogen) atoms. The van der Waals surface area contributed by atoms with E-state index in [1.807, 2.05) is 6.07 Å². The maximum absolute atomic E-state index is 11.8. The highest BCUT2D eigenvalue weighted by Gasteiger charge is 2.12. The zero-order valence-corrected chi connectivity index (χ0v) is 10.6. The van der Waals surface area contributed by atoms with Gasteiger partial charge >= 0.3 is 0 Å². The monoisotopic (exact) mass is 282 g/mol. The van der Waals surface area contributed by atoms with E-state index in [0.717, 1.165) is 5.69 Å². The first-order valence-electron chi connectivity index (χ1n) is 5.03. The maximum atomic E-state index is 11.8. The third-order valence-corrected chi connectivity index (χ3v) is 2.58. The van der Waals surface area contributed by atoms with Crippen molar-refractivity contribution in [2.75, 3.05) is 0 Å². The van der Waals surface area contributed by atoms with Gasteiger partial charge in [0.15, 0.2) is 10.3 Å². The summed E-state index contributed by atoms with van der Waals surface area (Å²) in [6.45, 7) is 0.302. The van der Waals surface area contributed by atoms with E-state index < -0.39 is 0 Å². The van der Waals surface area contributed by atoms with Gasteiger partial charge in [0.2, 0.25) is 0 Å². The van der Waals surface area contributed by atoms with Crippen LogP contribution in [0.4, 0.5) is 0 Å². The van der Waals surface area contributed by atoms with Crippen molar-refractivity contribution in [3.63, 3.8) is 0 Å². The third kappa shape index (κ3) is 3.15. The normalized spacial score (nSPS) is 10.1. The number of nitrogens with one attached hydrogen (secondary N) is 1. The molecule has 2 rings (SSSR count). The fraction of sp³-hybridized carbons (Fsp3) is 0.0909. The number of aromatic nitrogens is 3. The van der Waals surface area contributed by atoms with Gasteiger partial charge in [0.05, 0.1) is 17.8 Å². The molecule has 7 heteroatoms. The van der Waals surface area contributed by atoms with Gasteiger partial charge in [-0.1, -0.05) is 29.3 Å². The first kappa shape index (κ1) is 12.7. The molecule has 0 saturated carbocycles. The average molecular weight is 283 g/mol. The van der Waals surface area contributed by atoms with Crippen molar-refractivity contribution in [3.8, 4) is 0 Å². The van der Waals surface area contributed by atoms with E-state index in [2.05, 4.69) is 20.5 Å². The summed E-state index contributed by atoms with van der Waals surface area (Å²) in [5.41, 5.74) is 0.933. The Kier molecular flexibility index (Phi) is 4.07. The number of rotatable bonds is 3. The van der Waals surface area contributed by atoms with E-state index in [9.17, 15) is 4.79 Å². The van der Waals surface area contributed by atoms with E-state index in [1.165, 1.54) is 6.07 Å². The molecule has 0 saturated heterocycles. The molecule has 0 unspecified atom stereocenters. The number of carbonyl (C=O) groups excluding carboxylic acids is 1. The Balaban J connectivity index is 2.06. The number of halogens is 2. The summed E-state index contributed by atoms with van der Waals surface area (Å²) >= 11 is 11.4. The van der Waals surface area contributed by atoms with Crippen LogP contribution in [0.3, 0.4) is 0 Å². The number of pyridine rings is 1. The van der Waals surface area contributed by atoms with Crippen molar-refractivity contribution >= 4 is 29.1 Å². The Bertz CT molecular complexity index is 562. The van der Waals surface area contributed by atoms with Crippen molar-refractivity contribution < 1.29 is 4.79 Å². The van der Waals surface area contributed by atoms with Crippen LogP contribution in [0.25, 0.3) is 0 Å². The van der Waals surface area contributed by atoms with Gasteiger partial charge in [-0.15, -0.1) is 10.2 Å². The van der Waals surface area contributed by atoms with Crippen molar-refractivity contribution in [2.45, 2.75) is 6.54 Å². The average Bonchev–Trinajstić information content (AvgIpc) is 2.40. The molecule has 1 amide bonds. The van der Waals surface area contributed by atoms with Gasteiger partial charge in [0.25, 0.3) is 5.91 Å². The third-order valence-electron chi connectivity index (χ3n) is 2.12. The lowest BCUT2D eigenvalue weighted by molar-refractivity contribution is 0.0950. The Hall–Kier alpha value is -1.72. The molecule has 2 aromatic heterocycles. The topological polar surface area (TPSA) is 67.8 Å². The SMILES string of the molecule is O=C(NCc1ccccn1)c1cc(Cl)nnc1Cl. The van der Waals surface area contributed by atoms with E-state index in [0.29, 0.717) is 6.54 Å². The van der Waals surface area contributed by atoms with Crippen LogP contribution in [0.15, 0.2) is 30.5 Å². The van der Waals surface area contributed by atoms with Crippen LogP contribution in [0, 0.1) is 0 Å². The van der Waals surface area contributed by atoms with Gasteiger partial charge in [-0.25, -0.2) is 0 Å². The van der Waals surface area contributed by atoms with Gasteiger partial charge in [-0.05, 0) is 18.2 Å². The Morgan fingerprint density at radius 1 is 1.28 bits per heavy atom. The highest BCUT2D eigenvalue weighted by Crippen LogP contribution is 2.15. The minimum absolute atomic E-state index is 0.0120. The summed E-state index contributed by atoms with van der Waals surface area (Å²) in [5.74, 6) is -0.373. The molecule has 0 aliphatic carbocycles. The minimum Gasteiger partial charge on any atom is -0.346 e. The first-order valence-corrected chi connectivity index (χ1v) is 5.79. The molecule has 92 valence electrons. The van der Waals surface area contributed by atoms with Gasteiger partial charge < -0.3 is 5.32 Å². The van der Waals surface area contributed by atoms with E-state index in [1.54, 1.807) is 18.3 Å². The molecule has 0 fully saturated rings. The van der Waals surface area contributed by atoms with Crippen LogP contribution < -0.4 is 5.32 Å². The fourth-order valence-corrected chi connectivity index (χ4v) is 1.61. The molecule has 0 radical (unpaired) electrons. The van der Waals surface area contributed by atoms with Gasteiger partial charge in [-0.2, -0.15) is 0 Å². The zero-order chi connectivity index (χ0) is 13.0. The highest BCUT2D eigenvalue weighted by atomic mass is 35.5. The summed E-state index contributed by atoms with van der Waals surface area (Å²) in [7, 11) is 0. The second kappa shape index (κ2) is 5.75. The predicted molar refractivity (Wildman–Crippen MR) is 67.5 cm³/mol. The summed E-state index contributed by atoms with van der Waals surface area (Å²) in [4.78, 5) is 15.9. The van der Waals surface area contributed by atoms with Crippen molar-refractivity contribution in [1.29, 1.82) is 0 Å². The van der Waals surface area contributed by atoms with Crippen LogP contribution in [-0.4, -0.2) is 21.1 Å². The highest BCUT2D eigenvalue weighted by molar-refractivity contribution is 6.34. The zero-order valence-electron chi connectivity index (χ0n) is 9.10. The minimum atomic E-state index is -0.373. The van der Waals surface area contributed by atoms with Gasteiger partial charge in [-0.3, -0.25) is 9.78 Å². The quantitative estimate of drug-likeness (QED) is 0.936. The molecule has 2 heterocycles. The molecular weight excluding hydrogens is 275 g/mol. The number of hydrogen-bond donors (Lipinski definition) is 1. The molecule has 5 nitrogen and oxygen atoms in total. The summed E-state index contributed by atoms with van der Waals surface area (Å²) in [5, 5.41) is 9.89. The molecule has 0 bridgehead atoms. The number of nitrogens with zero attached hydrogens (tertiary/aromatic N) is 3. The van der Waals surface area contributed by atoms with Crippen LogP contribution in [0.1, 0.15) is 16.1 Å². The Morgan fingerprint density at radius 2 is 2.11 bits per heavy atom. The molecular formula is C11H8Cl2N4O. The summed E-state index contributed by atoms with van der Waals surface area (Å²) in [6.07, 6.45) is 1.65. The van der Waals surface area contributed by atoms with Crippen LogP contribution >= 0.6 is 23.2 Å². The van der Waals surface area contributed by atoms with Crippen molar-refractivity contribution in [3.05, 3.63) is 52.0 Å². The molecule has 0 aliphatic heterocycles. The Morgan fingerprint density at radius 3 is 2.83 bits per heavy atom. The Labute approximate surface area is 113 Å². The molecule has 0 aromatic carbocycles. The molecule has 0 spiro atoms. The van der Waals surface area contributed by atoms with Crippen molar-refractivity contribution in [1.82, 2.24) is 20.5 Å².